The van der Waals surface area contributed by atoms with Gasteiger partial charge >= 0.3 is 0 Å². The zero-order valence-electron chi connectivity index (χ0n) is 16.8. The van der Waals surface area contributed by atoms with Crippen LogP contribution in [-0.4, -0.2) is 28.3 Å². The van der Waals surface area contributed by atoms with Crippen LogP contribution in [0, 0.1) is 25.6 Å². The molecule has 152 valence electrons. The van der Waals surface area contributed by atoms with Crippen molar-refractivity contribution in [3.63, 3.8) is 0 Å². The van der Waals surface area contributed by atoms with E-state index in [0.29, 0.717) is 18.4 Å². The number of aryl methyl sites for hydroxylation is 1. The van der Waals surface area contributed by atoms with E-state index in [9.17, 15) is 19.4 Å². The number of hydrogen-bond acceptors (Lipinski definition) is 3. The van der Waals surface area contributed by atoms with Crippen molar-refractivity contribution in [1.82, 2.24) is 5.32 Å². The molecular weight excluding hydrogens is 369 g/mol. The minimum Gasteiger partial charge on any atom is -0.509 e. The number of carbonyl (C=O) groups is 1. The summed E-state index contributed by atoms with van der Waals surface area (Å²) in [7, 11) is 0. The molecule has 5 heteroatoms. The monoisotopic (exact) mass is 395 g/mol. The molecule has 0 bridgehead atoms. The lowest BCUT2D eigenvalue weighted by Crippen LogP contribution is -2.48. The van der Waals surface area contributed by atoms with Crippen LogP contribution in [0.3, 0.4) is 0 Å². The van der Waals surface area contributed by atoms with Crippen molar-refractivity contribution in [3.05, 3.63) is 64.7 Å². The normalized spacial score (nSPS) is 24.3. The molecule has 3 N–H and O–H groups in total. The van der Waals surface area contributed by atoms with Crippen molar-refractivity contribution in [1.29, 1.82) is 0 Å². The fourth-order valence-corrected chi connectivity index (χ4v) is 4.97. The highest BCUT2D eigenvalue weighted by Gasteiger charge is 2.48. The summed E-state index contributed by atoms with van der Waals surface area (Å²) in [6.45, 7) is 3.90. The summed E-state index contributed by atoms with van der Waals surface area (Å²) in [4.78, 5) is 13.0. The summed E-state index contributed by atoms with van der Waals surface area (Å²) < 4.78 is 13.3. The van der Waals surface area contributed by atoms with Gasteiger partial charge in [0.2, 0.25) is 0 Å². The fraction of sp³-hybridized carbons (Fsp3) is 0.375. The Morgan fingerprint density at radius 3 is 2.59 bits per heavy atom. The predicted octanol–water partition coefficient (Wildman–Crippen LogP) is 4.43. The van der Waals surface area contributed by atoms with E-state index in [-0.39, 0.29) is 30.0 Å². The molecule has 2 aromatic carbocycles. The quantitative estimate of drug-likeness (QED) is 0.720. The summed E-state index contributed by atoms with van der Waals surface area (Å²) in [5.74, 6) is -0.420. The van der Waals surface area contributed by atoms with Gasteiger partial charge in [-0.15, -0.1) is 0 Å². The number of aliphatic hydroxyl groups excluding tert-OH is 2. The van der Waals surface area contributed by atoms with Crippen LogP contribution in [0.15, 0.2) is 42.2 Å². The van der Waals surface area contributed by atoms with Crippen LogP contribution in [0.4, 0.5) is 4.39 Å². The molecule has 0 saturated heterocycles. The first-order chi connectivity index (χ1) is 13.9. The standard InChI is InChI=1S/C24H26FNO3/c1-14-5-10-19(17-6-8-18(25)9-7-17)15(2)20(14)21-22(28)24(26-23(21)29)11-3-4-16(12-24)13-27/h5-10,16,27-28H,3-4,11-13H2,1-2H3,(H,26,29)/t16-,24+/m1/s1. The molecule has 1 aliphatic heterocycles. The largest absolute Gasteiger partial charge is 0.509 e. The average molecular weight is 395 g/mol. The van der Waals surface area contributed by atoms with Gasteiger partial charge in [-0.3, -0.25) is 4.79 Å². The van der Waals surface area contributed by atoms with Crippen LogP contribution in [0.25, 0.3) is 16.7 Å². The lowest BCUT2D eigenvalue weighted by molar-refractivity contribution is -0.116. The van der Waals surface area contributed by atoms with Crippen LogP contribution in [0.2, 0.25) is 0 Å². The van der Waals surface area contributed by atoms with Crippen LogP contribution in [-0.2, 0) is 4.79 Å². The first-order valence-corrected chi connectivity index (χ1v) is 10.1. The third-order valence-electron chi connectivity index (χ3n) is 6.46. The van der Waals surface area contributed by atoms with Crippen molar-refractivity contribution in [2.75, 3.05) is 6.61 Å². The number of carbonyl (C=O) groups excluding carboxylic acids is 1. The third-order valence-corrected chi connectivity index (χ3v) is 6.46. The molecule has 1 spiro atoms. The van der Waals surface area contributed by atoms with Gasteiger partial charge in [-0.1, -0.05) is 30.7 Å². The first kappa shape index (κ1) is 19.6. The molecule has 0 unspecified atom stereocenters. The number of nitrogens with one attached hydrogen (secondary N) is 1. The van der Waals surface area contributed by atoms with E-state index in [2.05, 4.69) is 5.32 Å². The molecule has 4 rings (SSSR count). The van der Waals surface area contributed by atoms with Crippen LogP contribution in [0.1, 0.15) is 42.4 Å². The van der Waals surface area contributed by atoms with Gasteiger partial charge in [-0.2, -0.15) is 0 Å². The first-order valence-electron chi connectivity index (χ1n) is 10.1. The Kier molecular flexibility index (Phi) is 4.95. The van der Waals surface area contributed by atoms with E-state index in [0.717, 1.165) is 40.7 Å². The van der Waals surface area contributed by atoms with E-state index in [1.807, 2.05) is 26.0 Å². The fourth-order valence-electron chi connectivity index (χ4n) is 4.97. The number of benzene rings is 2. The average Bonchev–Trinajstić information content (AvgIpc) is 2.93. The number of aliphatic hydroxyl groups is 2. The molecule has 1 saturated carbocycles. The Hall–Kier alpha value is -2.66. The second-order valence-electron chi connectivity index (χ2n) is 8.34. The predicted molar refractivity (Wildman–Crippen MR) is 111 cm³/mol. The van der Waals surface area contributed by atoms with Gasteiger partial charge in [0.05, 0.1) is 11.1 Å². The van der Waals surface area contributed by atoms with Crippen molar-refractivity contribution in [3.8, 4) is 11.1 Å². The highest BCUT2D eigenvalue weighted by Crippen LogP contribution is 2.45. The second-order valence-corrected chi connectivity index (χ2v) is 8.34. The van der Waals surface area contributed by atoms with Gasteiger partial charge < -0.3 is 15.5 Å². The smallest absolute Gasteiger partial charge is 0.256 e. The Labute approximate surface area is 170 Å². The topological polar surface area (TPSA) is 69.6 Å². The molecule has 1 fully saturated rings. The molecule has 2 atom stereocenters. The van der Waals surface area contributed by atoms with Gasteiger partial charge in [0, 0.05) is 6.61 Å². The molecule has 0 aromatic heterocycles. The lowest BCUT2D eigenvalue weighted by Gasteiger charge is -2.37. The number of hydrogen-bond donors (Lipinski definition) is 3. The van der Waals surface area contributed by atoms with Crippen LogP contribution in [0.5, 0.6) is 0 Å². The maximum Gasteiger partial charge on any atom is 0.256 e. The Balaban J connectivity index is 1.84. The summed E-state index contributed by atoms with van der Waals surface area (Å²) in [6.07, 6.45) is 2.95. The molecule has 1 aliphatic carbocycles. The second kappa shape index (κ2) is 7.30. The molecule has 2 aliphatic rings. The summed E-state index contributed by atoms with van der Waals surface area (Å²) in [5, 5.41) is 23.8. The zero-order chi connectivity index (χ0) is 20.8. The highest BCUT2D eigenvalue weighted by atomic mass is 19.1. The summed E-state index contributed by atoms with van der Waals surface area (Å²) in [5.41, 5.74) is 3.79. The molecule has 4 nitrogen and oxygen atoms in total. The van der Waals surface area contributed by atoms with Crippen molar-refractivity contribution >= 4 is 11.5 Å². The van der Waals surface area contributed by atoms with Gasteiger partial charge in [0.1, 0.15) is 11.6 Å². The molecular formula is C24H26FNO3. The molecule has 1 amide bonds. The SMILES string of the molecule is Cc1ccc(-c2ccc(F)cc2)c(C)c1C1=C(O)[C@@]2(CCC[C@@H](CO)C2)NC1=O. The van der Waals surface area contributed by atoms with E-state index >= 15 is 0 Å². The molecule has 1 heterocycles. The van der Waals surface area contributed by atoms with E-state index < -0.39 is 5.54 Å². The van der Waals surface area contributed by atoms with Crippen molar-refractivity contribution < 1.29 is 19.4 Å². The minimum absolute atomic E-state index is 0.0539. The highest BCUT2D eigenvalue weighted by molar-refractivity contribution is 6.24. The lowest BCUT2D eigenvalue weighted by atomic mass is 9.75. The summed E-state index contributed by atoms with van der Waals surface area (Å²) >= 11 is 0. The molecule has 29 heavy (non-hydrogen) atoms. The molecule has 2 aromatic rings. The maximum atomic E-state index is 13.3. The van der Waals surface area contributed by atoms with E-state index in [4.69, 9.17) is 0 Å². The van der Waals surface area contributed by atoms with Crippen LogP contribution >= 0.6 is 0 Å². The van der Waals surface area contributed by atoms with Crippen molar-refractivity contribution in [2.45, 2.75) is 45.1 Å². The minimum atomic E-state index is -0.789. The maximum absolute atomic E-state index is 13.3. The zero-order valence-corrected chi connectivity index (χ0v) is 16.8. The Morgan fingerprint density at radius 2 is 1.90 bits per heavy atom. The van der Waals surface area contributed by atoms with Gasteiger partial charge in [-0.25, -0.2) is 4.39 Å². The third kappa shape index (κ3) is 3.23. The van der Waals surface area contributed by atoms with E-state index in [1.54, 1.807) is 12.1 Å². The van der Waals surface area contributed by atoms with E-state index in [1.165, 1.54) is 12.1 Å². The Morgan fingerprint density at radius 1 is 1.17 bits per heavy atom. The molecule has 0 radical (unpaired) electrons. The number of amides is 1. The van der Waals surface area contributed by atoms with Gasteiger partial charge in [-0.05, 0) is 79.0 Å². The van der Waals surface area contributed by atoms with Gasteiger partial charge in [0.25, 0.3) is 5.91 Å². The Bertz CT molecular complexity index is 996. The number of rotatable bonds is 3. The number of halogens is 1. The van der Waals surface area contributed by atoms with Crippen molar-refractivity contribution in [2.24, 2.45) is 5.92 Å². The van der Waals surface area contributed by atoms with Gasteiger partial charge in [0.15, 0.2) is 0 Å². The summed E-state index contributed by atoms with van der Waals surface area (Å²) in [6, 6.07) is 10.2. The van der Waals surface area contributed by atoms with Crippen LogP contribution < -0.4 is 5.32 Å².